The van der Waals surface area contributed by atoms with Gasteiger partial charge in [0.15, 0.2) is 0 Å². The van der Waals surface area contributed by atoms with Crippen molar-refractivity contribution >= 4 is 5.91 Å². The Kier molecular flexibility index (Phi) is 3.77. The molecule has 3 nitrogen and oxygen atoms in total. The molecule has 0 aliphatic carbocycles. The Morgan fingerprint density at radius 1 is 1.40 bits per heavy atom. The molecule has 0 unspecified atom stereocenters. The van der Waals surface area contributed by atoms with Crippen molar-refractivity contribution in [2.75, 3.05) is 13.1 Å². The van der Waals surface area contributed by atoms with Crippen LogP contribution in [0.2, 0.25) is 0 Å². The molecule has 1 aliphatic rings. The van der Waals surface area contributed by atoms with Crippen LogP contribution in [0.1, 0.15) is 47.0 Å². The summed E-state index contributed by atoms with van der Waals surface area (Å²) in [7, 11) is 0. The quantitative estimate of drug-likeness (QED) is 0.747. The Morgan fingerprint density at radius 2 is 1.93 bits per heavy atom. The first-order valence-corrected chi connectivity index (χ1v) is 5.93. The van der Waals surface area contributed by atoms with Crippen molar-refractivity contribution in [2.24, 2.45) is 5.41 Å². The van der Waals surface area contributed by atoms with Crippen LogP contribution in [0.25, 0.3) is 0 Å². The molecule has 1 aliphatic heterocycles. The van der Waals surface area contributed by atoms with Gasteiger partial charge in [-0.25, -0.2) is 0 Å². The lowest BCUT2D eigenvalue weighted by molar-refractivity contribution is -0.133. The van der Waals surface area contributed by atoms with Crippen LogP contribution in [0.4, 0.5) is 0 Å². The van der Waals surface area contributed by atoms with Gasteiger partial charge in [-0.1, -0.05) is 13.8 Å². The number of piperidine rings is 1. The first kappa shape index (κ1) is 12.5. The largest absolute Gasteiger partial charge is 0.351 e. The van der Waals surface area contributed by atoms with Gasteiger partial charge in [0.1, 0.15) is 0 Å². The fourth-order valence-corrected chi connectivity index (χ4v) is 1.75. The molecule has 0 atom stereocenters. The third-order valence-corrected chi connectivity index (χ3v) is 3.59. The number of rotatable bonds is 3. The number of carbonyl (C=O) groups is 1. The van der Waals surface area contributed by atoms with E-state index in [-0.39, 0.29) is 16.9 Å². The number of hydrogen-bond acceptors (Lipinski definition) is 2. The summed E-state index contributed by atoms with van der Waals surface area (Å²) < 4.78 is 0. The molecular formula is C12H24N2O. The first-order valence-electron chi connectivity index (χ1n) is 5.93. The Morgan fingerprint density at radius 3 is 2.40 bits per heavy atom. The predicted molar refractivity (Wildman–Crippen MR) is 62.7 cm³/mol. The van der Waals surface area contributed by atoms with Crippen molar-refractivity contribution in [1.82, 2.24) is 10.6 Å². The maximum atomic E-state index is 12.2. The van der Waals surface area contributed by atoms with Gasteiger partial charge in [-0.15, -0.1) is 0 Å². The Balaban J connectivity index is 2.59. The van der Waals surface area contributed by atoms with Crippen molar-refractivity contribution in [2.45, 2.75) is 52.5 Å². The molecule has 1 fully saturated rings. The van der Waals surface area contributed by atoms with Crippen molar-refractivity contribution in [1.29, 1.82) is 0 Å². The summed E-state index contributed by atoms with van der Waals surface area (Å²) in [5.41, 5.74) is -0.247. The van der Waals surface area contributed by atoms with Crippen LogP contribution in [0.15, 0.2) is 0 Å². The highest BCUT2D eigenvalue weighted by Crippen LogP contribution is 2.29. The minimum Gasteiger partial charge on any atom is -0.351 e. The zero-order valence-electron chi connectivity index (χ0n) is 10.4. The SMILES string of the molecule is CCC(C)(C)NC(=O)C1(C)CCNCC1. The van der Waals surface area contributed by atoms with E-state index in [1.807, 2.05) is 0 Å². The van der Waals surface area contributed by atoms with E-state index in [4.69, 9.17) is 0 Å². The van der Waals surface area contributed by atoms with Gasteiger partial charge in [0.25, 0.3) is 0 Å². The standard InChI is InChI=1S/C12H24N2O/c1-5-11(2,3)14-10(15)12(4)6-8-13-9-7-12/h13H,5-9H2,1-4H3,(H,14,15). The second-order valence-corrected chi connectivity index (χ2v) is 5.50. The molecule has 2 N–H and O–H groups in total. The van der Waals surface area contributed by atoms with E-state index in [2.05, 4.69) is 38.3 Å². The summed E-state index contributed by atoms with van der Waals surface area (Å²) >= 11 is 0. The lowest BCUT2D eigenvalue weighted by Crippen LogP contribution is -2.52. The van der Waals surface area contributed by atoms with Crippen LogP contribution < -0.4 is 10.6 Å². The third-order valence-electron chi connectivity index (χ3n) is 3.59. The van der Waals surface area contributed by atoms with E-state index in [1.54, 1.807) is 0 Å². The molecule has 15 heavy (non-hydrogen) atoms. The Labute approximate surface area is 93.0 Å². The van der Waals surface area contributed by atoms with E-state index < -0.39 is 0 Å². The van der Waals surface area contributed by atoms with Gasteiger partial charge in [0.2, 0.25) is 5.91 Å². The first-order chi connectivity index (χ1) is 6.90. The second-order valence-electron chi connectivity index (χ2n) is 5.50. The van der Waals surface area contributed by atoms with Gasteiger partial charge in [0, 0.05) is 11.0 Å². The van der Waals surface area contributed by atoms with E-state index >= 15 is 0 Å². The van der Waals surface area contributed by atoms with Crippen LogP contribution in [0.5, 0.6) is 0 Å². The van der Waals surface area contributed by atoms with Gasteiger partial charge in [-0.05, 0) is 46.2 Å². The summed E-state index contributed by atoms with van der Waals surface area (Å²) in [6, 6.07) is 0. The van der Waals surface area contributed by atoms with E-state index in [0.29, 0.717) is 0 Å². The van der Waals surface area contributed by atoms with Crippen molar-refractivity contribution in [3.63, 3.8) is 0 Å². The van der Waals surface area contributed by atoms with Crippen molar-refractivity contribution in [3.8, 4) is 0 Å². The van der Waals surface area contributed by atoms with Crippen LogP contribution in [0, 0.1) is 5.41 Å². The molecular weight excluding hydrogens is 188 g/mol. The van der Waals surface area contributed by atoms with Crippen molar-refractivity contribution in [3.05, 3.63) is 0 Å². The van der Waals surface area contributed by atoms with Crippen molar-refractivity contribution < 1.29 is 4.79 Å². The fraction of sp³-hybridized carbons (Fsp3) is 0.917. The maximum Gasteiger partial charge on any atom is 0.226 e. The second kappa shape index (κ2) is 4.52. The van der Waals surface area contributed by atoms with Gasteiger partial charge in [-0.3, -0.25) is 4.79 Å². The smallest absolute Gasteiger partial charge is 0.226 e. The molecule has 88 valence electrons. The van der Waals surface area contributed by atoms with Crippen LogP contribution in [-0.2, 0) is 4.79 Å². The third kappa shape index (κ3) is 3.20. The van der Waals surface area contributed by atoms with Crippen LogP contribution in [0.3, 0.4) is 0 Å². The zero-order chi connectivity index (χ0) is 11.5. The maximum absolute atomic E-state index is 12.2. The molecule has 1 saturated heterocycles. The Bertz CT molecular complexity index is 230. The van der Waals surface area contributed by atoms with E-state index in [9.17, 15) is 4.79 Å². The van der Waals surface area contributed by atoms with E-state index in [1.165, 1.54) is 0 Å². The molecule has 1 rings (SSSR count). The predicted octanol–water partition coefficient (Wildman–Crippen LogP) is 1.68. The minimum atomic E-state index is -0.169. The zero-order valence-corrected chi connectivity index (χ0v) is 10.4. The number of amides is 1. The lowest BCUT2D eigenvalue weighted by Gasteiger charge is -2.36. The Hall–Kier alpha value is -0.570. The topological polar surface area (TPSA) is 41.1 Å². The number of hydrogen-bond donors (Lipinski definition) is 2. The average Bonchev–Trinajstić information content (AvgIpc) is 2.18. The number of carbonyl (C=O) groups excluding carboxylic acids is 1. The van der Waals surface area contributed by atoms with Gasteiger partial charge >= 0.3 is 0 Å². The molecule has 0 spiro atoms. The summed E-state index contributed by atoms with van der Waals surface area (Å²) in [6.07, 6.45) is 2.85. The van der Waals surface area contributed by atoms with Crippen LogP contribution in [-0.4, -0.2) is 24.5 Å². The average molecular weight is 212 g/mol. The highest BCUT2D eigenvalue weighted by Gasteiger charge is 2.36. The molecule has 1 amide bonds. The van der Waals surface area contributed by atoms with Gasteiger partial charge in [0.05, 0.1) is 0 Å². The summed E-state index contributed by atoms with van der Waals surface area (Å²) in [5.74, 6) is 0.218. The van der Waals surface area contributed by atoms with E-state index in [0.717, 1.165) is 32.4 Å². The summed E-state index contributed by atoms with van der Waals surface area (Å²) in [5, 5.41) is 6.44. The number of nitrogens with one attached hydrogen (secondary N) is 2. The molecule has 0 aromatic carbocycles. The van der Waals surface area contributed by atoms with Gasteiger partial charge in [-0.2, -0.15) is 0 Å². The van der Waals surface area contributed by atoms with Gasteiger partial charge < -0.3 is 10.6 Å². The molecule has 0 aromatic rings. The highest BCUT2D eigenvalue weighted by atomic mass is 16.2. The molecule has 0 saturated carbocycles. The molecule has 0 bridgehead atoms. The molecule has 3 heteroatoms. The molecule has 0 aromatic heterocycles. The monoisotopic (exact) mass is 212 g/mol. The normalized spacial score (nSPS) is 21.1. The fourth-order valence-electron chi connectivity index (χ4n) is 1.75. The van der Waals surface area contributed by atoms with Crippen LogP contribution >= 0.6 is 0 Å². The summed E-state index contributed by atoms with van der Waals surface area (Å²) in [4.78, 5) is 12.2. The lowest BCUT2D eigenvalue weighted by atomic mass is 9.79. The minimum absolute atomic E-state index is 0.0784. The molecule has 0 radical (unpaired) electrons. The molecule has 1 heterocycles. The summed E-state index contributed by atoms with van der Waals surface area (Å²) in [6.45, 7) is 10.2. The highest BCUT2D eigenvalue weighted by molar-refractivity contribution is 5.83.